The minimum absolute atomic E-state index is 0.470. The van der Waals surface area contributed by atoms with E-state index in [0.29, 0.717) is 26.2 Å². The highest BCUT2D eigenvalue weighted by Crippen LogP contribution is 2.00. The van der Waals surface area contributed by atoms with Crippen molar-refractivity contribution in [3.05, 3.63) is 12.2 Å². The number of Topliss-reactive ketones (excluding diaryl/α,β-unsaturated/α-hetero) is 1. The van der Waals surface area contributed by atoms with Crippen LogP contribution < -0.4 is 0 Å². The third kappa shape index (κ3) is 5.74. The first-order valence-corrected chi connectivity index (χ1v) is 6.37. The second-order valence-electron chi connectivity index (χ2n) is 4.48. The number of nitrogens with zero attached hydrogens (tertiary/aromatic N) is 2. The van der Waals surface area contributed by atoms with Crippen molar-refractivity contribution in [2.75, 3.05) is 46.9 Å². The van der Waals surface area contributed by atoms with Gasteiger partial charge in [-0.05, 0) is 7.05 Å². The van der Waals surface area contributed by atoms with Crippen LogP contribution in [0.25, 0.3) is 0 Å². The Labute approximate surface area is 122 Å². The van der Waals surface area contributed by atoms with Crippen LogP contribution in [0, 0.1) is 0 Å². The van der Waals surface area contributed by atoms with Gasteiger partial charge in [0.25, 0.3) is 11.7 Å². The monoisotopic (exact) mass is 298 g/mol. The zero-order valence-corrected chi connectivity index (χ0v) is 12.0. The lowest BCUT2D eigenvalue weighted by atomic mass is 10.3. The molecule has 0 aromatic rings. The van der Waals surface area contributed by atoms with Gasteiger partial charge in [0, 0.05) is 38.3 Å². The highest BCUT2D eigenvalue weighted by Gasteiger charge is 2.25. The van der Waals surface area contributed by atoms with Crippen LogP contribution >= 0.6 is 0 Å². The zero-order chi connectivity index (χ0) is 15.8. The Morgan fingerprint density at radius 2 is 1.57 bits per heavy atom. The van der Waals surface area contributed by atoms with Gasteiger partial charge in [-0.1, -0.05) is 0 Å². The van der Waals surface area contributed by atoms with Gasteiger partial charge in [0.1, 0.15) is 0 Å². The van der Waals surface area contributed by atoms with Crippen molar-refractivity contribution in [2.24, 2.45) is 0 Å². The Morgan fingerprint density at radius 1 is 1.00 bits per heavy atom. The van der Waals surface area contributed by atoms with Crippen LogP contribution in [0.5, 0.6) is 0 Å². The Hall–Kier alpha value is -2.22. The van der Waals surface area contributed by atoms with Crippen molar-refractivity contribution in [3.8, 4) is 0 Å². The van der Waals surface area contributed by atoms with E-state index in [4.69, 9.17) is 0 Å². The van der Waals surface area contributed by atoms with E-state index in [-0.39, 0.29) is 0 Å². The lowest BCUT2D eigenvalue weighted by Crippen LogP contribution is -2.49. The van der Waals surface area contributed by atoms with Gasteiger partial charge in [-0.15, -0.1) is 0 Å². The number of carbonyl (C=O) groups is 4. The first kappa shape index (κ1) is 16.8. The van der Waals surface area contributed by atoms with Gasteiger partial charge in [-0.25, -0.2) is 9.59 Å². The number of ether oxygens (including phenoxy) is 2. The molecule has 8 heteroatoms. The molecule has 0 aliphatic carbocycles. The van der Waals surface area contributed by atoms with Crippen molar-refractivity contribution >= 4 is 23.6 Å². The summed E-state index contributed by atoms with van der Waals surface area (Å²) >= 11 is 0. The number of carbonyl (C=O) groups excluding carboxylic acids is 4. The summed E-state index contributed by atoms with van der Waals surface area (Å²) in [5.74, 6) is -3.06. The predicted molar refractivity (Wildman–Crippen MR) is 71.2 cm³/mol. The number of amides is 1. The molecule has 0 spiro atoms. The number of methoxy groups -OCH3 is 1. The predicted octanol–water partition coefficient (Wildman–Crippen LogP) is -1.40. The van der Waals surface area contributed by atoms with Gasteiger partial charge in [-0.2, -0.15) is 0 Å². The van der Waals surface area contributed by atoms with Crippen LogP contribution in [0.4, 0.5) is 0 Å². The number of piperazine rings is 1. The molecule has 1 amide bonds. The smallest absolute Gasteiger partial charge is 0.331 e. The summed E-state index contributed by atoms with van der Waals surface area (Å²) in [5.41, 5.74) is 0. The lowest BCUT2D eigenvalue weighted by Gasteiger charge is -2.31. The maximum Gasteiger partial charge on any atom is 0.331 e. The molecule has 1 rings (SSSR count). The average Bonchev–Trinajstić information content (AvgIpc) is 2.50. The van der Waals surface area contributed by atoms with Crippen molar-refractivity contribution in [1.29, 1.82) is 0 Å². The standard InChI is InChI=1S/C13H18N2O6/c1-14-5-7-15(8-6-14)13(19)10(16)9-21-12(18)4-3-11(17)20-2/h3-4H,5-9H2,1-2H3/b4-3+. The van der Waals surface area contributed by atoms with Crippen molar-refractivity contribution in [1.82, 2.24) is 9.80 Å². The molecule has 0 atom stereocenters. The highest BCUT2D eigenvalue weighted by molar-refractivity contribution is 6.36. The molecule has 0 radical (unpaired) electrons. The van der Waals surface area contributed by atoms with E-state index in [1.54, 1.807) is 0 Å². The van der Waals surface area contributed by atoms with Crippen LogP contribution in [0.15, 0.2) is 12.2 Å². The van der Waals surface area contributed by atoms with Crippen LogP contribution in [-0.4, -0.2) is 80.4 Å². The molecule has 21 heavy (non-hydrogen) atoms. The van der Waals surface area contributed by atoms with Crippen LogP contribution in [0.2, 0.25) is 0 Å². The van der Waals surface area contributed by atoms with Crippen molar-refractivity contribution in [3.63, 3.8) is 0 Å². The first-order chi connectivity index (χ1) is 9.93. The number of hydrogen-bond acceptors (Lipinski definition) is 7. The topological polar surface area (TPSA) is 93.2 Å². The number of likely N-dealkylation sites (N-methyl/N-ethyl adjacent to an activating group) is 1. The number of rotatable bonds is 5. The Bertz CT molecular complexity index is 452. The Kier molecular flexibility index (Phi) is 6.54. The Morgan fingerprint density at radius 3 is 2.14 bits per heavy atom. The highest BCUT2D eigenvalue weighted by atomic mass is 16.5. The minimum Gasteiger partial charge on any atom is -0.466 e. The van der Waals surface area contributed by atoms with Gasteiger partial charge in [-0.3, -0.25) is 9.59 Å². The molecule has 0 bridgehead atoms. The summed E-state index contributed by atoms with van der Waals surface area (Å²) in [4.78, 5) is 48.9. The lowest BCUT2D eigenvalue weighted by molar-refractivity contribution is -0.151. The summed E-state index contributed by atoms with van der Waals surface area (Å²) in [7, 11) is 3.09. The van der Waals surface area contributed by atoms with E-state index in [1.807, 2.05) is 11.9 Å². The summed E-state index contributed by atoms with van der Waals surface area (Å²) in [5, 5.41) is 0. The second-order valence-corrected chi connectivity index (χ2v) is 4.48. The first-order valence-electron chi connectivity index (χ1n) is 6.37. The number of hydrogen-bond donors (Lipinski definition) is 0. The van der Waals surface area contributed by atoms with E-state index in [1.165, 1.54) is 4.90 Å². The molecular weight excluding hydrogens is 280 g/mol. The molecule has 1 aliphatic rings. The van der Waals surface area contributed by atoms with E-state index in [9.17, 15) is 19.2 Å². The van der Waals surface area contributed by atoms with E-state index in [0.717, 1.165) is 19.3 Å². The molecule has 1 fully saturated rings. The summed E-state index contributed by atoms with van der Waals surface area (Å²) in [6.45, 7) is 1.69. The molecule has 1 heterocycles. The normalized spacial score (nSPS) is 15.8. The fraction of sp³-hybridized carbons (Fsp3) is 0.538. The zero-order valence-electron chi connectivity index (χ0n) is 12.0. The van der Waals surface area contributed by atoms with Crippen LogP contribution in [-0.2, 0) is 28.7 Å². The van der Waals surface area contributed by atoms with Crippen molar-refractivity contribution < 1.29 is 28.7 Å². The fourth-order valence-corrected chi connectivity index (χ4v) is 1.64. The SMILES string of the molecule is COC(=O)/C=C/C(=O)OCC(=O)C(=O)N1CCN(C)CC1. The van der Waals surface area contributed by atoms with E-state index < -0.39 is 30.2 Å². The van der Waals surface area contributed by atoms with Gasteiger partial charge >= 0.3 is 11.9 Å². The number of esters is 2. The molecule has 1 aliphatic heterocycles. The number of ketones is 1. The minimum atomic E-state index is -0.889. The van der Waals surface area contributed by atoms with E-state index >= 15 is 0 Å². The van der Waals surface area contributed by atoms with Gasteiger partial charge in [0.15, 0.2) is 6.61 Å². The molecule has 0 N–H and O–H groups in total. The third-order valence-electron chi connectivity index (χ3n) is 2.93. The largest absolute Gasteiger partial charge is 0.466 e. The maximum absolute atomic E-state index is 11.8. The summed E-state index contributed by atoms with van der Waals surface area (Å²) in [6.07, 6.45) is 1.70. The summed E-state index contributed by atoms with van der Waals surface area (Å²) < 4.78 is 8.88. The average molecular weight is 298 g/mol. The van der Waals surface area contributed by atoms with Gasteiger partial charge in [0.05, 0.1) is 7.11 Å². The molecule has 0 saturated carbocycles. The maximum atomic E-state index is 11.8. The van der Waals surface area contributed by atoms with E-state index in [2.05, 4.69) is 9.47 Å². The van der Waals surface area contributed by atoms with Crippen molar-refractivity contribution in [2.45, 2.75) is 0 Å². The van der Waals surface area contributed by atoms with Crippen LogP contribution in [0.1, 0.15) is 0 Å². The molecule has 0 aromatic carbocycles. The summed E-state index contributed by atoms with van der Waals surface area (Å²) in [6, 6.07) is 0. The second kappa shape index (κ2) is 8.15. The fourth-order valence-electron chi connectivity index (χ4n) is 1.64. The third-order valence-corrected chi connectivity index (χ3v) is 2.93. The quantitative estimate of drug-likeness (QED) is 0.350. The van der Waals surface area contributed by atoms with Gasteiger partial charge < -0.3 is 19.3 Å². The molecule has 0 unspecified atom stereocenters. The molecule has 0 aromatic heterocycles. The Balaban J connectivity index is 2.36. The molecular formula is C13H18N2O6. The molecule has 1 saturated heterocycles. The van der Waals surface area contributed by atoms with Crippen LogP contribution in [0.3, 0.4) is 0 Å². The van der Waals surface area contributed by atoms with Gasteiger partial charge in [0.2, 0.25) is 0 Å². The molecule has 8 nitrogen and oxygen atoms in total. The molecule has 116 valence electrons.